The average Bonchev–Trinajstić information content (AvgIpc) is 2.43. The molecule has 0 fully saturated rings. The number of hydrogen-bond donors (Lipinski definition) is 0. The van der Waals surface area contributed by atoms with Crippen molar-refractivity contribution in [2.24, 2.45) is 5.92 Å². The summed E-state index contributed by atoms with van der Waals surface area (Å²) in [6.45, 7) is 7.88. The minimum atomic E-state index is -0.329. The lowest BCUT2D eigenvalue weighted by Crippen LogP contribution is -2.28. The number of benzene rings is 1. The van der Waals surface area contributed by atoms with Crippen LogP contribution in [-0.4, -0.2) is 18.0 Å². The lowest BCUT2D eigenvalue weighted by molar-refractivity contribution is -0.384. The SMILES string of the molecule is CCC(C)CN(CC)c1ccc(CCl)cc1[N+](=O)[O-]. The van der Waals surface area contributed by atoms with Crippen molar-refractivity contribution >= 4 is 23.0 Å². The van der Waals surface area contributed by atoms with Gasteiger partial charge in [-0.05, 0) is 24.5 Å². The van der Waals surface area contributed by atoms with Gasteiger partial charge in [-0.2, -0.15) is 0 Å². The van der Waals surface area contributed by atoms with E-state index in [1.54, 1.807) is 6.07 Å². The molecule has 0 N–H and O–H groups in total. The molecule has 0 bridgehead atoms. The smallest absolute Gasteiger partial charge is 0.292 e. The molecule has 5 heteroatoms. The Hall–Kier alpha value is -1.29. The first-order valence-electron chi connectivity index (χ1n) is 6.61. The van der Waals surface area contributed by atoms with Gasteiger partial charge in [-0.15, -0.1) is 11.6 Å². The van der Waals surface area contributed by atoms with E-state index in [0.29, 0.717) is 17.5 Å². The molecule has 4 nitrogen and oxygen atoms in total. The summed E-state index contributed by atoms with van der Waals surface area (Å²) < 4.78 is 0. The summed E-state index contributed by atoms with van der Waals surface area (Å²) >= 11 is 5.74. The summed E-state index contributed by atoms with van der Waals surface area (Å²) in [4.78, 5) is 12.9. The average molecular weight is 285 g/mol. The van der Waals surface area contributed by atoms with Crippen LogP contribution < -0.4 is 4.90 Å². The van der Waals surface area contributed by atoms with Crippen LogP contribution >= 0.6 is 11.6 Å². The molecule has 0 heterocycles. The van der Waals surface area contributed by atoms with Crippen LogP contribution in [0.2, 0.25) is 0 Å². The number of nitrogens with zero attached hydrogens (tertiary/aromatic N) is 2. The Balaban J connectivity index is 3.11. The zero-order valence-corrected chi connectivity index (χ0v) is 12.5. The molecular formula is C14H21ClN2O2. The van der Waals surface area contributed by atoms with Gasteiger partial charge in [0, 0.05) is 25.0 Å². The fourth-order valence-corrected chi connectivity index (χ4v) is 2.14. The Labute approximate surface area is 119 Å². The lowest BCUT2D eigenvalue weighted by Gasteiger charge is -2.26. The molecule has 0 saturated carbocycles. The second-order valence-corrected chi connectivity index (χ2v) is 5.03. The summed E-state index contributed by atoms with van der Waals surface area (Å²) in [6, 6.07) is 5.23. The van der Waals surface area contributed by atoms with Crippen molar-refractivity contribution in [1.82, 2.24) is 0 Å². The lowest BCUT2D eigenvalue weighted by atomic mass is 10.1. The second-order valence-electron chi connectivity index (χ2n) is 4.77. The third-order valence-corrected chi connectivity index (χ3v) is 3.65. The Morgan fingerprint density at radius 2 is 2.11 bits per heavy atom. The van der Waals surface area contributed by atoms with Crippen molar-refractivity contribution in [3.63, 3.8) is 0 Å². The van der Waals surface area contributed by atoms with E-state index >= 15 is 0 Å². The Morgan fingerprint density at radius 1 is 1.42 bits per heavy atom. The van der Waals surface area contributed by atoms with Crippen LogP contribution in [0.3, 0.4) is 0 Å². The van der Waals surface area contributed by atoms with E-state index in [-0.39, 0.29) is 10.6 Å². The molecule has 0 radical (unpaired) electrons. The Morgan fingerprint density at radius 3 is 2.58 bits per heavy atom. The molecule has 0 amide bonds. The predicted octanol–water partition coefficient (Wildman–Crippen LogP) is 4.21. The monoisotopic (exact) mass is 284 g/mol. The van der Waals surface area contributed by atoms with Gasteiger partial charge in [-0.3, -0.25) is 10.1 Å². The highest BCUT2D eigenvalue weighted by Crippen LogP contribution is 2.30. The molecule has 0 spiro atoms. The van der Waals surface area contributed by atoms with Crippen molar-refractivity contribution in [1.29, 1.82) is 0 Å². The number of alkyl halides is 1. The zero-order valence-electron chi connectivity index (χ0n) is 11.7. The maximum atomic E-state index is 11.2. The van der Waals surface area contributed by atoms with Gasteiger partial charge in [-0.25, -0.2) is 0 Å². The number of nitro groups is 1. The summed E-state index contributed by atoms with van der Waals surface area (Å²) in [5, 5.41) is 11.2. The second kappa shape index (κ2) is 7.34. The van der Waals surface area contributed by atoms with Crippen molar-refractivity contribution in [2.45, 2.75) is 33.1 Å². The fraction of sp³-hybridized carbons (Fsp3) is 0.571. The van der Waals surface area contributed by atoms with Gasteiger partial charge in [-0.1, -0.05) is 26.3 Å². The van der Waals surface area contributed by atoms with Gasteiger partial charge in [0.2, 0.25) is 0 Å². The number of hydrogen-bond acceptors (Lipinski definition) is 3. The molecular weight excluding hydrogens is 264 g/mol. The molecule has 0 saturated heterocycles. The van der Waals surface area contributed by atoms with Crippen molar-refractivity contribution in [2.75, 3.05) is 18.0 Å². The van der Waals surface area contributed by atoms with Crippen LogP contribution in [0, 0.1) is 16.0 Å². The first-order valence-corrected chi connectivity index (χ1v) is 7.15. The third kappa shape index (κ3) is 4.10. The molecule has 1 aromatic carbocycles. The summed E-state index contributed by atoms with van der Waals surface area (Å²) in [5.74, 6) is 0.797. The maximum Gasteiger partial charge on any atom is 0.292 e. The van der Waals surface area contributed by atoms with E-state index < -0.39 is 0 Å². The van der Waals surface area contributed by atoms with Crippen LogP contribution in [0.5, 0.6) is 0 Å². The zero-order chi connectivity index (χ0) is 14.4. The molecule has 1 rings (SSSR count). The number of nitro benzene ring substituents is 1. The van der Waals surface area contributed by atoms with E-state index in [1.807, 2.05) is 19.1 Å². The van der Waals surface area contributed by atoms with E-state index in [0.717, 1.165) is 25.1 Å². The highest BCUT2D eigenvalue weighted by molar-refractivity contribution is 6.17. The quantitative estimate of drug-likeness (QED) is 0.428. The molecule has 0 aliphatic rings. The molecule has 0 aromatic heterocycles. The van der Waals surface area contributed by atoms with E-state index in [4.69, 9.17) is 11.6 Å². The van der Waals surface area contributed by atoms with Gasteiger partial charge >= 0.3 is 0 Å². The largest absolute Gasteiger partial charge is 0.366 e. The van der Waals surface area contributed by atoms with E-state index in [9.17, 15) is 10.1 Å². The Bertz CT molecular complexity index is 437. The predicted molar refractivity (Wildman–Crippen MR) is 80.0 cm³/mol. The molecule has 19 heavy (non-hydrogen) atoms. The number of halogens is 1. The molecule has 0 aliphatic heterocycles. The summed E-state index contributed by atoms with van der Waals surface area (Å²) in [7, 11) is 0. The van der Waals surface area contributed by atoms with Crippen molar-refractivity contribution < 1.29 is 4.92 Å². The first-order chi connectivity index (χ1) is 9.03. The van der Waals surface area contributed by atoms with Gasteiger partial charge in [0.1, 0.15) is 5.69 Å². The molecule has 0 aliphatic carbocycles. The minimum Gasteiger partial charge on any atom is -0.366 e. The molecule has 1 unspecified atom stereocenters. The van der Waals surface area contributed by atoms with E-state index in [2.05, 4.69) is 18.7 Å². The molecule has 1 atom stereocenters. The molecule has 1 aromatic rings. The topological polar surface area (TPSA) is 46.4 Å². The number of anilines is 1. The van der Waals surface area contributed by atoms with Gasteiger partial charge < -0.3 is 4.90 Å². The molecule has 106 valence electrons. The Kier molecular flexibility index (Phi) is 6.09. The minimum absolute atomic E-state index is 0.142. The normalized spacial score (nSPS) is 12.2. The van der Waals surface area contributed by atoms with Gasteiger partial charge in [0.25, 0.3) is 5.69 Å². The summed E-state index contributed by atoms with van der Waals surface area (Å²) in [5.41, 5.74) is 1.60. The van der Waals surface area contributed by atoms with Crippen LogP contribution in [0.4, 0.5) is 11.4 Å². The van der Waals surface area contributed by atoms with Crippen LogP contribution in [0.25, 0.3) is 0 Å². The highest BCUT2D eigenvalue weighted by atomic mass is 35.5. The standard InChI is InChI=1S/C14H21ClN2O2/c1-4-11(3)10-16(5-2)13-7-6-12(9-15)8-14(13)17(18)19/h6-8,11H,4-5,9-10H2,1-3H3. The van der Waals surface area contributed by atoms with Crippen LogP contribution in [-0.2, 0) is 5.88 Å². The van der Waals surface area contributed by atoms with Gasteiger partial charge in [0.05, 0.1) is 4.92 Å². The van der Waals surface area contributed by atoms with Gasteiger partial charge in [0.15, 0.2) is 0 Å². The summed E-state index contributed by atoms with van der Waals surface area (Å²) in [6.07, 6.45) is 1.06. The number of rotatable bonds is 7. The maximum absolute atomic E-state index is 11.2. The first kappa shape index (κ1) is 15.8. The van der Waals surface area contributed by atoms with E-state index in [1.165, 1.54) is 0 Å². The van der Waals surface area contributed by atoms with Crippen LogP contribution in [0.1, 0.15) is 32.8 Å². The highest BCUT2D eigenvalue weighted by Gasteiger charge is 2.20. The van der Waals surface area contributed by atoms with Crippen molar-refractivity contribution in [3.8, 4) is 0 Å². The third-order valence-electron chi connectivity index (χ3n) is 3.34. The van der Waals surface area contributed by atoms with Crippen LogP contribution in [0.15, 0.2) is 18.2 Å². The van der Waals surface area contributed by atoms with Crippen molar-refractivity contribution in [3.05, 3.63) is 33.9 Å². The fourth-order valence-electron chi connectivity index (χ4n) is 1.97.